The first-order valence-corrected chi connectivity index (χ1v) is 9.24. The summed E-state index contributed by atoms with van der Waals surface area (Å²) in [6, 6.07) is 9.91. The first kappa shape index (κ1) is 20.0. The van der Waals surface area contributed by atoms with E-state index in [4.69, 9.17) is 4.65 Å². The number of aromatic nitrogens is 1. The normalized spacial score (nSPS) is 17.4. The SMILES string of the molecule is C=C(C)C1=CCB(O)OC1CC/C(=C/c1ccc(O)c(F)c1)c1ccccn1. The zero-order chi connectivity index (χ0) is 20.1. The number of hydrogen-bond acceptors (Lipinski definition) is 4. The first-order valence-electron chi connectivity index (χ1n) is 9.24. The van der Waals surface area contributed by atoms with Crippen LogP contribution in [-0.2, 0) is 4.65 Å². The van der Waals surface area contributed by atoms with E-state index in [2.05, 4.69) is 11.6 Å². The molecule has 1 aromatic carbocycles. The van der Waals surface area contributed by atoms with Crippen molar-refractivity contribution in [1.82, 2.24) is 4.98 Å². The summed E-state index contributed by atoms with van der Waals surface area (Å²) >= 11 is 0. The molecule has 2 aromatic rings. The molecule has 4 nitrogen and oxygen atoms in total. The van der Waals surface area contributed by atoms with E-state index in [0.717, 1.165) is 22.4 Å². The van der Waals surface area contributed by atoms with Gasteiger partial charge in [-0.15, -0.1) is 0 Å². The van der Waals surface area contributed by atoms with Gasteiger partial charge in [-0.1, -0.05) is 30.4 Å². The van der Waals surface area contributed by atoms with Gasteiger partial charge < -0.3 is 14.8 Å². The fourth-order valence-electron chi connectivity index (χ4n) is 3.28. The van der Waals surface area contributed by atoms with E-state index in [-0.39, 0.29) is 11.9 Å². The van der Waals surface area contributed by atoms with Crippen LogP contribution in [0, 0.1) is 5.82 Å². The zero-order valence-electron chi connectivity index (χ0n) is 15.8. The van der Waals surface area contributed by atoms with E-state index in [1.807, 2.05) is 37.3 Å². The molecule has 0 fully saturated rings. The maximum absolute atomic E-state index is 13.7. The second-order valence-electron chi connectivity index (χ2n) is 6.89. The number of phenolic OH excluding ortho intramolecular Hbond substituents is 1. The van der Waals surface area contributed by atoms with Crippen LogP contribution < -0.4 is 0 Å². The summed E-state index contributed by atoms with van der Waals surface area (Å²) in [6.07, 6.45) is 6.97. The minimum atomic E-state index is -0.818. The van der Waals surface area contributed by atoms with Crippen molar-refractivity contribution in [2.75, 3.05) is 0 Å². The number of aromatic hydroxyl groups is 1. The third-order valence-electron chi connectivity index (χ3n) is 4.68. The van der Waals surface area contributed by atoms with Crippen LogP contribution in [0.15, 0.2) is 66.4 Å². The van der Waals surface area contributed by atoms with Crippen molar-refractivity contribution in [1.29, 1.82) is 0 Å². The van der Waals surface area contributed by atoms with Gasteiger partial charge in [-0.3, -0.25) is 4.98 Å². The highest BCUT2D eigenvalue weighted by molar-refractivity contribution is 6.43. The van der Waals surface area contributed by atoms with Gasteiger partial charge in [0.1, 0.15) is 0 Å². The molecule has 28 heavy (non-hydrogen) atoms. The highest BCUT2D eigenvalue weighted by Crippen LogP contribution is 2.30. The van der Waals surface area contributed by atoms with Crippen LogP contribution in [0.25, 0.3) is 11.6 Å². The van der Waals surface area contributed by atoms with Crippen LogP contribution in [-0.4, -0.2) is 28.3 Å². The standard InChI is InChI=1S/C22H23BFNO3/c1-15(2)18-10-11-23(27)28-22(18)9-7-17(20-5-3-4-12-25-20)13-16-6-8-21(26)19(24)14-16/h3-6,8,10,12-14,22,26-27H,1,7,9,11H2,2H3/b17-13-. The lowest BCUT2D eigenvalue weighted by atomic mass is 9.78. The monoisotopic (exact) mass is 379 g/mol. The molecule has 0 aliphatic carbocycles. The van der Waals surface area contributed by atoms with E-state index < -0.39 is 12.9 Å². The van der Waals surface area contributed by atoms with Gasteiger partial charge in [0.25, 0.3) is 0 Å². The molecule has 0 spiro atoms. The van der Waals surface area contributed by atoms with Crippen molar-refractivity contribution in [2.45, 2.75) is 32.2 Å². The van der Waals surface area contributed by atoms with Gasteiger partial charge in [0.15, 0.2) is 11.6 Å². The average Bonchev–Trinajstić information content (AvgIpc) is 2.68. The number of halogens is 1. The number of pyridine rings is 1. The fraction of sp³-hybridized carbons (Fsp3) is 0.227. The van der Waals surface area contributed by atoms with E-state index >= 15 is 0 Å². The Morgan fingerprint density at radius 1 is 1.39 bits per heavy atom. The summed E-state index contributed by atoms with van der Waals surface area (Å²) < 4.78 is 19.4. The molecular weight excluding hydrogens is 356 g/mol. The molecule has 1 unspecified atom stereocenters. The van der Waals surface area contributed by atoms with E-state index in [1.54, 1.807) is 12.3 Å². The summed E-state index contributed by atoms with van der Waals surface area (Å²) in [5.74, 6) is -1.04. The molecule has 0 amide bonds. The van der Waals surface area contributed by atoms with E-state index in [9.17, 15) is 14.5 Å². The van der Waals surface area contributed by atoms with Gasteiger partial charge in [0.2, 0.25) is 0 Å². The van der Waals surface area contributed by atoms with Crippen LogP contribution in [0.5, 0.6) is 5.75 Å². The Balaban J connectivity index is 1.87. The lowest BCUT2D eigenvalue weighted by Gasteiger charge is -2.27. The maximum atomic E-state index is 13.7. The molecule has 1 aromatic heterocycles. The molecule has 0 bridgehead atoms. The number of allylic oxidation sites excluding steroid dienone is 2. The summed E-state index contributed by atoms with van der Waals surface area (Å²) in [5, 5.41) is 19.3. The summed E-state index contributed by atoms with van der Waals surface area (Å²) in [4.78, 5) is 4.41. The van der Waals surface area contributed by atoms with Crippen molar-refractivity contribution in [2.24, 2.45) is 0 Å². The molecule has 0 saturated heterocycles. The molecule has 3 rings (SSSR count). The van der Waals surface area contributed by atoms with Gasteiger partial charge >= 0.3 is 7.12 Å². The largest absolute Gasteiger partial charge is 0.505 e. The van der Waals surface area contributed by atoms with E-state index in [0.29, 0.717) is 24.7 Å². The van der Waals surface area contributed by atoms with Crippen molar-refractivity contribution in [3.05, 3.63) is 83.5 Å². The predicted octanol–water partition coefficient (Wildman–Crippen LogP) is 4.63. The molecule has 1 aliphatic rings. The number of rotatable bonds is 6. The van der Waals surface area contributed by atoms with Crippen LogP contribution in [0.3, 0.4) is 0 Å². The van der Waals surface area contributed by atoms with Crippen molar-refractivity contribution in [3.63, 3.8) is 0 Å². The minimum Gasteiger partial charge on any atom is -0.505 e. The Labute approximate surface area is 164 Å². The Kier molecular flexibility index (Phi) is 6.44. The van der Waals surface area contributed by atoms with Crippen LogP contribution in [0.4, 0.5) is 4.39 Å². The van der Waals surface area contributed by atoms with Gasteiger partial charge in [-0.2, -0.15) is 0 Å². The summed E-state index contributed by atoms with van der Waals surface area (Å²) in [5.41, 5.74) is 4.25. The lowest BCUT2D eigenvalue weighted by molar-refractivity contribution is 0.184. The molecule has 2 N–H and O–H groups in total. The molecule has 144 valence electrons. The fourth-order valence-corrected chi connectivity index (χ4v) is 3.28. The number of hydrogen-bond donors (Lipinski definition) is 2. The number of phenols is 1. The quantitative estimate of drug-likeness (QED) is 0.719. The first-order chi connectivity index (χ1) is 13.4. The predicted molar refractivity (Wildman–Crippen MR) is 110 cm³/mol. The smallest absolute Gasteiger partial charge is 0.458 e. The zero-order valence-corrected chi connectivity index (χ0v) is 15.8. The highest BCUT2D eigenvalue weighted by Gasteiger charge is 2.27. The van der Waals surface area contributed by atoms with Crippen LogP contribution in [0.2, 0.25) is 6.32 Å². The third kappa shape index (κ3) is 4.97. The van der Waals surface area contributed by atoms with Crippen molar-refractivity contribution >= 4 is 18.8 Å². The highest BCUT2D eigenvalue weighted by atomic mass is 19.1. The van der Waals surface area contributed by atoms with Gasteiger partial charge in [-0.05, 0) is 66.8 Å². The second-order valence-corrected chi connectivity index (χ2v) is 6.89. The van der Waals surface area contributed by atoms with Crippen LogP contribution in [0.1, 0.15) is 31.0 Å². The Bertz CT molecular complexity index is 911. The Morgan fingerprint density at radius 3 is 2.89 bits per heavy atom. The molecule has 1 atom stereocenters. The lowest BCUT2D eigenvalue weighted by Crippen LogP contribution is -2.31. The van der Waals surface area contributed by atoms with Crippen molar-refractivity contribution < 1.29 is 19.2 Å². The van der Waals surface area contributed by atoms with Crippen LogP contribution >= 0.6 is 0 Å². The number of nitrogens with zero attached hydrogens (tertiary/aromatic N) is 1. The van der Waals surface area contributed by atoms with Crippen molar-refractivity contribution in [3.8, 4) is 5.75 Å². The van der Waals surface area contributed by atoms with Gasteiger partial charge in [-0.25, -0.2) is 4.39 Å². The molecule has 0 radical (unpaired) electrons. The molecule has 6 heteroatoms. The maximum Gasteiger partial charge on any atom is 0.458 e. The third-order valence-corrected chi connectivity index (χ3v) is 4.68. The van der Waals surface area contributed by atoms with E-state index in [1.165, 1.54) is 12.1 Å². The second kappa shape index (κ2) is 9.00. The molecule has 2 heterocycles. The van der Waals surface area contributed by atoms with Gasteiger partial charge in [0, 0.05) is 12.5 Å². The molecule has 1 aliphatic heterocycles. The average molecular weight is 379 g/mol. The molecule has 0 saturated carbocycles. The summed E-state index contributed by atoms with van der Waals surface area (Å²) in [6.45, 7) is 5.93. The number of benzene rings is 1. The summed E-state index contributed by atoms with van der Waals surface area (Å²) in [7, 11) is -0.818. The molecular formula is C22H23BFNO3. The van der Waals surface area contributed by atoms with Gasteiger partial charge in [0.05, 0.1) is 11.8 Å². The Morgan fingerprint density at radius 2 is 2.21 bits per heavy atom. The Hall–Kier alpha value is -2.70. The minimum absolute atomic E-state index is 0.259. The topological polar surface area (TPSA) is 62.6 Å².